The minimum Gasteiger partial charge on any atom is -0.334 e. The van der Waals surface area contributed by atoms with Crippen molar-refractivity contribution < 1.29 is 21.6 Å². The number of amides is 2. The molecule has 0 aliphatic carbocycles. The molecule has 36 heavy (non-hydrogen) atoms. The van der Waals surface area contributed by atoms with E-state index in [1.54, 1.807) is 48.5 Å². The molecule has 11 heteroatoms. The van der Waals surface area contributed by atoms with Crippen LogP contribution in [-0.4, -0.2) is 57.7 Å². The van der Waals surface area contributed by atoms with Crippen LogP contribution in [0, 0.1) is 0 Å². The Balaban J connectivity index is 1.25. The smallest absolute Gasteiger partial charge is 0.315 e. The van der Waals surface area contributed by atoms with Crippen LogP contribution in [0.25, 0.3) is 0 Å². The van der Waals surface area contributed by atoms with Gasteiger partial charge >= 0.3 is 6.03 Å². The first-order chi connectivity index (χ1) is 17.3. The van der Waals surface area contributed by atoms with E-state index < -0.39 is 20.0 Å². The molecule has 0 atom stereocenters. The van der Waals surface area contributed by atoms with Crippen molar-refractivity contribution in [2.45, 2.75) is 61.4 Å². The van der Waals surface area contributed by atoms with Crippen molar-refractivity contribution in [3.63, 3.8) is 0 Å². The number of carbonyl (C=O) groups excluding carboxylic acids is 1. The van der Waals surface area contributed by atoms with E-state index >= 15 is 0 Å². The van der Waals surface area contributed by atoms with Gasteiger partial charge in [0.05, 0.1) is 9.79 Å². The maximum atomic E-state index is 12.8. The van der Waals surface area contributed by atoms with Crippen LogP contribution in [0.3, 0.4) is 0 Å². The Bertz CT molecular complexity index is 1140. The topological polar surface area (TPSA) is 116 Å². The molecule has 0 spiro atoms. The van der Waals surface area contributed by atoms with Gasteiger partial charge in [-0.2, -0.15) is 8.61 Å². The van der Waals surface area contributed by atoms with Crippen LogP contribution in [0.4, 0.5) is 4.79 Å². The van der Waals surface area contributed by atoms with Crippen molar-refractivity contribution in [2.24, 2.45) is 0 Å². The van der Waals surface area contributed by atoms with Crippen molar-refractivity contribution in [1.29, 1.82) is 0 Å². The van der Waals surface area contributed by atoms with Crippen LogP contribution in [0.1, 0.15) is 49.7 Å². The molecule has 2 heterocycles. The molecule has 0 saturated carbocycles. The number of hydrogen-bond donors (Lipinski definition) is 2. The molecule has 0 radical (unpaired) electrons. The summed E-state index contributed by atoms with van der Waals surface area (Å²) in [6.45, 7) is 2.74. The zero-order chi connectivity index (χ0) is 25.6. The fourth-order valence-electron chi connectivity index (χ4n) is 4.49. The Morgan fingerprint density at radius 3 is 1.25 bits per heavy atom. The van der Waals surface area contributed by atoms with E-state index in [1.807, 2.05) is 0 Å². The second-order valence-corrected chi connectivity index (χ2v) is 13.1. The van der Waals surface area contributed by atoms with Crippen molar-refractivity contribution in [1.82, 2.24) is 19.2 Å². The minimum absolute atomic E-state index is 0.253. The fourth-order valence-corrected chi connectivity index (χ4v) is 7.53. The number of hydrogen-bond acceptors (Lipinski definition) is 5. The van der Waals surface area contributed by atoms with E-state index in [1.165, 1.54) is 8.61 Å². The number of nitrogens with zero attached hydrogens (tertiary/aromatic N) is 2. The van der Waals surface area contributed by atoms with Gasteiger partial charge in [-0.3, -0.25) is 0 Å². The highest BCUT2D eigenvalue weighted by Gasteiger charge is 2.26. The molecular weight excluding hydrogens is 500 g/mol. The predicted octanol–water partition coefficient (Wildman–Crippen LogP) is 3.04. The summed E-state index contributed by atoms with van der Waals surface area (Å²) in [7, 11) is -6.95. The zero-order valence-electron chi connectivity index (χ0n) is 20.4. The van der Waals surface area contributed by atoms with Gasteiger partial charge < -0.3 is 10.6 Å². The normalized spacial score (nSPS) is 18.0. The summed E-state index contributed by atoms with van der Waals surface area (Å²) in [6.07, 6.45) is 5.67. The maximum Gasteiger partial charge on any atom is 0.315 e. The van der Waals surface area contributed by atoms with Gasteiger partial charge in [-0.05, 0) is 61.1 Å². The number of benzene rings is 2. The molecule has 4 rings (SSSR count). The molecular formula is C25H34N4O5S2. The first-order valence-corrected chi connectivity index (χ1v) is 15.3. The van der Waals surface area contributed by atoms with Crippen molar-refractivity contribution in [3.8, 4) is 0 Å². The Labute approximate surface area is 214 Å². The van der Waals surface area contributed by atoms with Crippen molar-refractivity contribution >= 4 is 26.1 Å². The lowest BCUT2D eigenvalue weighted by Crippen LogP contribution is -2.36. The largest absolute Gasteiger partial charge is 0.334 e. The van der Waals surface area contributed by atoms with E-state index in [9.17, 15) is 21.6 Å². The fraction of sp³-hybridized carbons (Fsp3) is 0.480. The lowest BCUT2D eigenvalue weighted by Gasteiger charge is -2.25. The number of carbonyl (C=O) groups is 1. The molecule has 196 valence electrons. The second-order valence-electron chi connectivity index (χ2n) is 9.25. The molecule has 0 unspecified atom stereocenters. The van der Waals surface area contributed by atoms with Gasteiger partial charge in [0.2, 0.25) is 20.0 Å². The molecule has 0 aromatic heterocycles. The highest BCUT2D eigenvalue weighted by molar-refractivity contribution is 7.89. The summed E-state index contributed by atoms with van der Waals surface area (Å²) in [4.78, 5) is 12.8. The second kappa shape index (κ2) is 11.7. The summed E-state index contributed by atoms with van der Waals surface area (Å²) >= 11 is 0. The van der Waals surface area contributed by atoms with Crippen LogP contribution >= 0.6 is 0 Å². The first-order valence-electron chi connectivity index (χ1n) is 12.5. The van der Waals surface area contributed by atoms with E-state index in [4.69, 9.17) is 0 Å². The maximum absolute atomic E-state index is 12.8. The number of nitrogens with one attached hydrogen (secondary N) is 2. The van der Waals surface area contributed by atoms with Gasteiger partial charge in [0, 0.05) is 39.3 Å². The van der Waals surface area contributed by atoms with Gasteiger partial charge in [-0.15, -0.1) is 0 Å². The third kappa shape index (κ3) is 6.44. The third-order valence-electron chi connectivity index (χ3n) is 6.66. The minimum atomic E-state index is -3.47. The van der Waals surface area contributed by atoms with E-state index in [-0.39, 0.29) is 28.9 Å². The summed E-state index contributed by atoms with van der Waals surface area (Å²) in [5, 5.41) is 5.51. The zero-order valence-corrected chi connectivity index (χ0v) is 22.0. The van der Waals surface area contributed by atoms with Gasteiger partial charge in [0.1, 0.15) is 0 Å². The molecule has 2 amide bonds. The molecule has 9 nitrogen and oxygen atoms in total. The molecule has 2 aromatic rings. The Hall–Kier alpha value is -2.47. The number of rotatable bonds is 8. The quantitative estimate of drug-likeness (QED) is 0.540. The van der Waals surface area contributed by atoms with E-state index in [0.29, 0.717) is 26.2 Å². The summed E-state index contributed by atoms with van der Waals surface area (Å²) in [5.74, 6) is 0. The lowest BCUT2D eigenvalue weighted by molar-refractivity contribution is 0.240. The third-order valence-corrected chi connectivity index (χ3v) is 10.5. The Kier molecular flexibility index (Phi) is 8.66. The molecule has 2 aromatic carbocycles. The summed E-state index contributed by atoms with van der Waals surface area (Å²) in [6, 6.07) is 12.8. The van der Waals surface area contributed by atoms with Crippen LogP contribution in [0.15, 0.2) is 58.3 Å². The van der Waals surface area contributed by atoms with E-state index in [0.717, 1.165) is 49.7 Å². The van der Waals surface area contributed by atoms with Crippen LogP contribution < -0.4 is 10.6 Å². The number of sulfonamides is 2. The first kappa shape index (κ1) is 26.6. The molecule has 2 aliphatic heterocycles. The van der Waals surface area contributed by atoms with Crippen LogP contribution in [0.2, 0.25) is 0 Å². The monoisotopic (exact) mass is 534 g/mol. The van der Waals surface area contributed by atoms with E-state index in [2.05, 4.69) is 10.6 Å². The molecule has 2 aliphatic rings. The highest BCUT2D eigenvalue weighted by atomic mass is 32.2. The summed E-state index contributed by atoms with van der Waals surface area (Å²) < 4.78 is 54.1. The Morgan fingerprint density at radius 1 is 0.583 bits per heavy atom. The van der Waals surface area contributed by atoms with Crippen molar-refractivity contribution in [3.05, 3.63) is 59.7 Å². The van der Waals surface area contributed by atoms with Gasteiger partial charge in [0.25, 0.3) is 0 Å². The van der Waals surface area contributed by atoms with Gasteiger partial charge in [-0.25, -0.2) is 21.6 Å². The highest BCUT2D eigenvalue weighted by Crippen LogP contribution is 2.22. The molecule has 0 bridgehead atoms. The van der Waals surface area contributed by atoms with Crippen molar-refractivity contribution in [2.75, 3.05) is 26.2 Å². The van der Waals surface area contributed by atoms with Crippen LogP contribution in [0.5, 0.6) is 0 Å². The summed E-state index contributed by atoms with van der Waals surface area (Å²) in [5.41, 5.74) is 1.57. The van der Waals surface area contributed by atoms with Gasteiger partial charge in [0.15, 0.2) is 0 Å². The van der Waals surface area contributed by atoms with Crippen LogP contribution in [-0.2, 0) is 33.1 Å². The number of piperidine rings is 2. The van der Waals surface area contributed by atoms with Gasteiger partial charge in [-0.1, -0.05) is 37.1 Å². The lowest BCUT2D eigenvalue weighted by atomic mass is 10.2. The standard InChI is InChI=1S/C25H34N4O5S2/c30-25(26-19-21-7-11-23(12-8-21)35(31,32)28-15-3-1-4-16-28)27-20-22-9-13-24(14-10-22)36(33,34)29-17-5-2-6-18-29/h7-14H,1-6,15-20H2,(H2,26,27,30). The SMILES string of the molecule is O=C(NCc1ccc(S(=O)(=O)N2CCCCC2)cc1)NCc1ccc(S(=O)(=O)N2CCCCC2)cc1. The molecule has 2 N–H and O–H groups in total. The predicted molar refractivity (Wildman–Crippen MR) is 137 cm³/mol. The average Bonchev–Trinajstić information content (AvgIpc) is 2.92. The Morgan fingerprint density at radius 2 is 0.917 bits per heavy atom. The average molecular weight is 535 g/mol. The molecule has 2 fully saturated rings. The molecule has 2 saturated heterocycles. The number of urea groups is 1.